The van der Waals surface area contributed by atoms with Crippen LogP contribution in [0.1, 0.15) is 44.9 Å². The summed E-state index contributed by atoms with van der Waals surface area (Å²) >= 11 is 8.09. The number of phenols is 1. The number of phenolic OH excluding ortho intramolecular Hbond substituents is 1. The number of fused-ring (bicyclic) bond motifs is 2. The van der Waals surface area contributed by atoms with E-state index in [0.29, 0.717) is 27.3 Å². The fourth-order valence-electron chi connectivity index (χ4n) is 6.23. The Morgan fingerprint density at radius 3 is 2.44 bits per heavy atom. The number of nitrogens with zero attached hydrogens (tertiary/aromatic N) is 5. The molecule has 2 aromatic carbocycles. The average molecular weight is 629 g/mol. The molecular weight excluding hydrogens is 597 g/mol. The van der Waals surface area contributed by atoms with Crippen molar-refractivity contribution in [2.24, 2.45) is 5.41 Å². The van der Waals surface area contributed by atoms with Gasteiger partial charge < -0.3 is 20.2 Å². The van der Waals surface area contributed by atoms with Crippen LogP contribution in [0.15, 0.2) is 54.7 Å². The number of aromatic hydroxyl groups is 1. The van der Waals surface area contributed by atoms with Crippen LogP contribution in [-0.2, 0) is 11.6 Å². The van der Waals surface area contributed by atoms with Crippen LogP contribution < -0.4 is 10.2 Å². The predicted molar refractivity (Wildman–Crippen MR) is 165 cm³/mol. The lowest BCUT2D eigenvalue weighted by Crippen LogP contribution is -2.46. The summed E-state index contributed by atoms with van der Waals surface area (Å²) in [5.41, 5.74) is 2.80. The topological polar surface area (TPSA) is 77.4 Å². The van der Waals surface area contributed by atoms with Crippen molar-refractivity contribution in [1.82, 2.24) is 20.1 Å². The summed E-state index contributed by atoms with van der Waals surface area (Å²) in [7, 11) is 0. The van der Waals surface area contributed by atoms with Gasteiger partial charge in [-0.2, -0.15) is 13.2 Å². The van der Waals surface area contributed by atoms with E-state index >= 15 is 0 Å². The first-order valence-electron chi connectivity index (χ1n) is 14.1. The van der Waals surface area contributed by atoms with Crippen LogP contribution in [0.2, 0.25) is 5.02 Å². The van der Waals surface area contributed by atoms with Gasteiger partial charge in [-0.1, -0.05) is 55.8 Å². The predicted octanol–water partition coefficient (Wildman–Crippen LogP) is 8.25. The molecule has 2 aliphatic rings. The first-order chi connectivity index (χ1) is 20.3. The maximum atomic E-state index is 12.9. The molecule has 12 heteroatoms. The van der Waals surface area contributed by atoms with Gasteiger partial charge in [-0.15, -0.1) is 10.2 Å². The largest absolute Gasteiger partial charge is 0.506 e. The molecule has 6 rings (SSSR count). The highest BCUT2D eigenvalue weighted by atomic mass is 35.5. The minimum absolute atomic E-state index is 0.177. The maximum Gasteiger partial charge on any atom is 0.433 e. The molecule has 0 radical (unpaired) electrons. The lowest BCUT2D eigenvalue weighted by molar-refractivity contribution is -0.141. The Kier molecular flexibility index (Phi) is 7.55. The number of pyridine rings is 1. The summed E-state index contributed by atoms with van der Waals surface area (Å²) in [5, 5.41) is 24.5. The third-order valence-electron chi connectivity index (χ3n) is 8.04. The van der Waals surface area contributed by atoms with Crippen molar-refractivity contribution in [1.29, 1.82) is 0 Å². The summed E-state index contributed by atoms with van der Waals surface area (Å²) in [6, 6.07) is 13.5. The maximum absolute atomic E-state index is 12.9. The van der Waals surface area contributed by atoms with Crippen LogP contribution in [0.25, 0.3) is 10.6 Å². The molecule has 0 unspecified atom stereocenters. The minimum Gasteiger partial charge on any atom is -0.506 e. The van der Waals surface area contributed by atoms with Gasteiger partial charge in [0.05, 0.1) is 17.1 Å². The Morgan fingerprint density at radius 1 is 1.02 bits per heavy atom. The molecule has 226 valence electrons. The smallest absolute Gasteiger partial charge is 0.433 e. The van der Waals surface area contributed by atoms with Crippen LogP contribution in [-0.4, -0.2) is 51.4 Å². The van der Waals surface area contributed by atoms with Gasteiger partial charge in [0.15, 0.2) is 5.01 Å². The van der Waals surface area contributed by atoms with Crippen molar-refractivity contribution in [3.8, 4) is 16.3 Å². The Bertz CT molecular complexity index is 1630. The van der Waals surface area contributed by atoms with Crippen LogP contribution in [0.3, 0.4) is 0 Å². The lowest BCUT2D eigenvalue weighted by Gasteiger charge is -2.42. The molecule has 1 saturated heterocycles. The summed E-state index contributed by atoms with van der Waals surface area (Å²) < 4.78 is 38.8. The molecule has 43 heavy (non-hydrogen) atoms. The van der Waals surface area contributed by atoms with Crippen molar-refractivity contribution < 1.29 is 18.3 Å². The number of hydrogen-bond acceptors (Lipinski definition) is 8. The Balaban J connectivity index is 1.29. The molecular formula is C31H32ClF3N6OS. The molecule has 0 bridgehead atoms. The van der Waals surface area contributed by atoms with E-state index in [1.807, 2.05) is 24.3 Å². The third kappa shape index (κ3) is 5.90. The second-order valence-electron chi connectivity index (χ2n) is 12.5. The summed E-state index contributed by atoms with van der Waals surface area (Å²) in [4.78, 5) is 8.19. The monoisotopic (exact) mass is 628 g/mol. The molecule has 4 heterocycles. The quantitative estimate of drug-likeness (QED) is 0.230. The number of nitrogens with one attached hydrogen (secondary N) is 1. The van der Waals surface area contributed by atoms with Crippen LogP contribution >= 0.6 is 22.9 Å². The van der Waals surface area contributed by atoms with E-state index in [0.717, 1.165) is 67.4 Å². The van der Waals surface area contributed by atoms with Gasteiger partial charge in [0.1, 0.15) is 11.4 Å². The molecule has 0 saturated carbocycles. The average Bonchev–Trinajstić information content (AvgIpc) is 3.55. The molecule has 7 nitrogen and oxygen atoms in total. The molecule has 4 aromatic rings. The molecule has 2 aromatic heterocycles. The van der Waals surface area contributed by atoms with E-state index in [9.17, 15) is 18.3 Å². The number of hydrogen-bond donors (Lipinski definition) is 2. The van der Waals surface area contributed by atoms with Crippen molar-refractivity contribution in [3.05, 3.63) is 71.0 Å². The molecule has 1 spiro atoms. The highest BCUT2D eigenvalue weighted by Gasteiger charge is 2.48. The number of aromatic nitrogens is 3. The highest BCUT2D eigenvalue weighted by Crippen LogP contribution is 2.56. The lowest BCUT2D eigenvalue weighted by atomic mass is 9.74. The second kappa shape index (κ2) is 10.9. The number of piperidine rings is 1. The van der Waals surface area contributed by atoms with E-state index in [4.69, 9.17) is 11.6 Å². The fraction of sp³-hybridized carbons (Fsp3) is 0.387. The van der Waals surface area contributed by atoms with Gasteiger partial charge in [-0.05, 0) is 67.7 Å². The minimum atomic E-state index is -4.51. The number of halogens is 4. The van der Waals surface area contributed by atoms with Gasteiger partial charge in [-0.25, -0.2) is 0 Å². The second-order valence-corrected chi connectivity index (χ2v) is 13.9. The normalized spacial score (nSPS) is 17.0. The standard InChI is InChI=1S/C31H32ClF3N6OS/c1-29(2,3)17-40-14-12-30(13-15-40)18-41(26-23(42)10-9-20(32)25(26)30)22-7-5-4-6-21(22)37-28-39-38-27(43-28)19-8-11-24(36-16-19)31(33,34)35/h4-11,16,42H,12-15,17-18H2,1-3H3,(H,37,39). The Morgan fingerprint density at radius 2 is 1.77 bits per heavy atom. The van der Waals surface area contributed by atoms with Gasteiger partial charge in [0.2, 0.25) is 5.13 Å². The summed E-state index contributed by atoms with van der Waals surface area (Å²) in [5.74, 6) is 0.177. The van der Waals surface area contributed by atoms with Crippen molar-refractivity contribution in [2.75, 3.05) is 36.4 Å². The molecule has 2 aliphatic heterocycles. The number of likely N-dealkylation sites (tertiary alicyclic amines) is 1. The van der Waals surface area contributed by atoms with E-state index in [1.54, 1.807) is 12.1 Å². The van der Waals surface area contributed by atoms with E-state index in [1.165, 1.54) is 17.4 Å². The Hall–Kier alpha value is -3.41. The first kappa shape index (κ1) is 29.7. The molecule has 0 atom stereocenters. The van der Waals surface area contributed by atoms with E-state index in [2.05, 4.69) is 51.1 Å². The zero-order valence-electron chi connectivity index (χ0n) is 24.0. The first-order valence-corrected chi connectivity index (χ1v) is 15.3. The summed E-state index contributed by atoms with van der Waals surface area (Å²) in [6.45, 7) is 10.3. The van der Waals surface area contributed by atoms with E-state index in [-0.39, 0.29) is 16.6 Å². The molecule has 1 fully saturated rings. The number of benzene rings is 2. The number of rotatable bonds is 5. The number of anilines is 4. The molecule has 2 N–H and O–H groups in total. The zero-order chi connectivity index (χ0) is 30.6. The SMILES string of the molecule is CC(C)(C)CN1CCC2(CC1)CN(c1ccccc1Nc1nnc(-c3ccc(C(F)(F)F)nc3)s1)c1c(O)ccc(Cl)c12. The van der Waals surface area contributed by atoms with E-state index < -0.39 is 11.9 Å². The van der Waals surface area contributed by atoms with Gasteiger partial charge in [-0.3, -0.25) is 4.98 Å². The Labute approximate surface area is 257 Å². The van der Waals surface area contributed by atoms with Crippen LogP contribution in [0, 0.1) is 5.41 Å². The highest BCUT2D eigenvalue weighted by molar-refractivity contribution is 7.18. The number of para-hydroxylation sites is 2. The zero-order valence-corrected chi connectivity index (χ0v) is 25.6. The van der Waals surface area contributed by atoms with Crippen molar-refractivity contribution in [2.45, 2.75) is 45.2 Å². The fourth-order valence-corrected chi connectivity index (χ4v) is 7.33. The summed E-state index contributed by atoms with van der Waals surface area (Å²) in [6.07, 6.45) is -1.51. The number of alkyl halides is 3. The van der Waals surface area contributed by atoms with Crippen molar-refractivity contribution >= 4 is 45.1 Å². The molecule has 0 amide bonds. The van der Waals surface area contributed by atoms with Gasteiger partial charge in [0.25, 0.3) is 0 Å². The van der Waals surface area contributed by atoms with Crippen LogP contribution in [0.5, 0.6) is 5.75 Å². The third-order valence-corrected chi connectivity index (χ3v) is 9.24. The van der Waals surface area contributed by atoms with Crippen LogP contribution in [0.4, 0.5) is 35.4 Å². The molecule has 0 aliphatic carbocycles. The van der Waals surface area contributed by atoms with Gasteiger partial charge >= 0.3 is 6.18 Å². The van der Waals surface area contributed by atoms with Gasteiger partial charge in [0, 0.05) is 40.9 Å². The van der Waals surface area contributed by atoms with Crippen molar-refractivity contribution in [3.63, 3.8) is 0 Å².